The molecule has 2 aliphatic rings. The van der Waals surface area contributed by atoms with Gasteiger partial charge in [-0.1, -0.05) is 6.07 Å². The van der Waals surface area contributed by atoms with Crippen LogP contribution in [0.1, 0.15) is 12.5 Å². The van der Waals surface area contributed by atoms with E-state index in [9.17, 15) is 0 Å². The summed E-state index contributed by atoms with van der Waals surface area (Å²) in [6.07, 6.45) is 0. The van der Waals surface area contributed by atoms with Crippen molar-refractivity contribution in [1.82, 2.24) is 10.2 Å². The minimum absolute atomic E-state index is 0.701. The molecule has 18 heavy (non-hydrogen) atoms. The van der Waals surface area contributed by atoms with Gasteiger partial charge >= 0.3 is 0 Å². The molecule has 0 spiro atoms. The molecule has 3 rings (SSSR count). The van der Waals surface area contributed by atoms with Crippen molar-refractivity contribution in [1.29, 1.82) is 0 Å². The lowest BCUT2D eigenvalue weighted by Crippen LogP contribution is -2.32. The van der Waals surface area contributed by atoms with Crippen LogP contribution in [0.25, 0.3) is 0 Å². The van der Waals surface area contributed by atoms with E-state index in [-0.39, 0.29) is 0 Å². The van der Waals surface area contributed by atoms with Gasteiger partial charge in [-0.15, -0.1) is 0 Å². The lowest BCUT2D eigenvalue weighted by Gasteiger charge is -2.24. The van der Waals surface area contributed by atoms with Crippen molar-refractivity contribution in [3.63, 3.8) is 0 Å². The zero-order valence-electron chi connectivity index (χ0n) is 10.5. The van der Waals surface area contributed by atoms with Gasteiger partial charge in [-0.25, -0.2) is 0 Å². The molecule has 0 amide bonds. The number of nitrogens with one attached hydrogen (secondary N) is 1. The molecule has 2 aliphatic heterocycles. The Balaban J connectivity index is 1.71. The fraction of sp³-hybridized carbons (Fsp3) is 0.571. The number of hydrogen-bond acceptors (Lipinski definition) is 2. The third-order valence-corrected chi connectivity index (χ3v) is 6.31. The summed E-state index contributed by atoms with van der Waals surface area (Å²) in [6.45, 7) is 7.10. The first-order chi connectivity index (χ1) is 8.65. The average molecular weight is 374 g/mol. The number of hydrogen-bond donors (Lipinski definition) is 1. The number of fused-ring (bicyclic) bond motifs is 1. The summed E-state index contributed by atoms with van der Waals surface area (Å²) in [5, 5.41) is 3.52. The lowest BCUT2D eigenvalue weighted by molar-refractivity contribution is 0.231. The van der Waals surface area contributed by atoms with Crippen molar-refractivity contribution >= 4 is 31.9 Å². The van der Waals surface area contributed by atoms with Crippen molar-refractivity contribution in [3.05, 3.63) is 32.7 Å². The zero-order chi connectivity index (χ0) is 12.7. The van der Waals surface area contributed by atoms with Crippen LogP contribution in [0, 0.1) is 11.8 Å². The van der Waals surface area contributed by atoms with E-state index >= 15 is 0 Å². The van der Waals surface area contributed by atoms with Gasteiger partial charge in [0.2, 0.25) is 0 Å². The van der Waals surface area contributed by atoms with Gasteiger partial charge in [0, 0.05) is 28.1 Å². The molecule has 2 nitrogen and oxygen atoms in total. The van der Waals surface area contributed by atoms with Crippen molar-refractivity contribution in [3.8, 4) is 0 Å². The quantitative estimate of drug-likeness (QED) is 0.855. The number of nitrogens with zero attached hydrogens (tertiary/aromatic N) is 1. The molecular formula is C14H18Br2N2. The molecule has 1 aromatic carbocycles. The second kappa shape index (κ2) is 5.23. The maximum absolute atomic E-state index is 3.58. The highest BCUT2D eigenvalue weighted by atomic mass is 79.9. The van der Waals surface area contributed by atoms with Gasteiger partial charge < -0.3 is 5.32 Å². The molecule has 0 saturated carbocycles. The van der Waals surface area contributed by atoms with Crippen LogP contribution in [0.5, 0.6) is 0 Å². The van der Waals surface area contributed by atoms with Crippen LogP contribution in [0.4, 0.5) is 0 Å². The third kappa shape index (κ3) is 2.40. The summed E-state index contributed by atoms with van der Waals surface area (Å²) >= 11 is 7.11. The summed E-state index contributed by atoms with van der Waals surface area (Å²) in [6, 6.07) is 7.27. The molecule has 4 heteroatoms. The topological polar surface area (TPSA) is 15.3 Å². The molecule has 3 atom stereocenters. The van der Waals surface area contributed by atoms with Gasteiger partial charge in [-0.05, 0) is 81.4 Å². The first kappa shape index (κ1) is 13.1. The summed E-state index contributed by atoms with van der Waals surface area (Å²) in [7, 11) is 0. The maximum Gasteiger partial charge on any atom is 0.0320 e. The van der Waals surface area contributed by atoms with E-state index in [4.69, 9.17) is 0 Å². The van der Waals surface area contributed by atoms with Crippen molar-refractivity contribution in [2.45, 2.75) is 19.5 Å². The highest BCUT2D eigenvalue weighted by Crippen LogP contribution is 2.33. The Morgan fingerprint density at radius 1 is 1.28 bits per heavy atom. The Labute approximate surface area is 125 Å². The van der Waals surface area contributed by atoms with E-state index in [0.717, 1.165) is 27.3 Å². The van der Waals surface area contributed by atoms with Crippen molar-refractivity contribution < 1.29 is 0 Å². The van der Waals surface area contributed by atoms with Crippen molar-refractivity contribution in [2.75, 3.05) is 19.6 Å². The van der Waals surface area contributed by atoms with Crippen LogP contribution in [-0.2, 0) is 6.54 Å². The zero-order valence-corrected chi connectivity index (χ0v) is 13.7. The van der Waals surface area contributed by atoms with Gasteiger partial charge in [0.05, 0.1) is 0 Å². The Morgan fingerprint density at radius 2 is 2.11 bits per heavy atom. The summed E-state index contributed by atoms with van der Waals surface area (Å²) in [5.41, 5.74) is 1.39. The normalized spacial score (nSPS) is 31.8. The van der Waals surface area contributed by atoms with E-state index in [1.807, 2.05) is 0 Å². The molecule has 2 saturated heterocycles. The Morgan fingerprint density at radius 3 is 2.83 bits per heavy atom. The Hall–Kier alpha value is 0.1000. The first-order valence-corrected chi connectivity index (χ1v) is 8.12. The van der Waals surface area contributed by atoms with E-state index in [1.165, 1.54) is 25.2 Å². The number of likely N-dealkylation sites (tertiary alicyclic amines) is 1. The fourth-order valence-corrected chi connectivity index (χ4v) is 4.01. The van der Waals surface area contributed by atoms with Gasteiger partial charge in [0.1, 0.15) is 0 Å². The minimum atomic E-state index is 0.701. The van der Waals surface area contributed by atoms with Gasteiger partial charge in [0.15, 0.2) is 0 Å². The van der Waals surface area contributed by atoms with E-state index in [0.29, 0.717) is 6.04 Å². The van der Waals surface area contributed by atoms with E-state index < -0.39 is 0 Å². The Bertz CT molecular complexity index is 449. The fourth-order valence-electron chi connectivity index (χ4n) is 3.34. The van der Waals surface area contributed by atoms with E-state index in [2.05, 4.69) is 67.2 Å². The van der Waals surface area contributed by atoms with Crippen LogP contribution >= 0.6 is 31.9 Å². The first-order valence-electron chi connectivity index (χ1n) is 6.54. The SMILES string of the molecule is CC1C2CNCC2CN1Cc1ccc(Br)c(Br)c1. The van der Waals surface area contributed by atoms with Gasteiger partial charge in [-0.2, -0.15) is 0 Å². The largest absolute Gasteiger partial charge is 0.316 e. The summed E-state index contributed by atoms with van der Waals surface area (Å²) in [5.74, 6) is 1.71. The molecule has 2 heterocycles. The summed E-state index contributed by atoms with van der Waals surface area (Å²) in [4.78, 5) is 2.63. The number of rotatable bonds is 2. The highest BCUT2D eigenvalue weighted by molar-refractivity contribution is 9.13. The minimum Gasteiger partial charge on any atom is -0.316 e. The van der Waals surface area contributed by atoms with Crippen molar-refractivity contribution in [2.24, 2.45) is 11.8 Å². The van der Waals surface area contributed by atoms with Crippen LogP contribution in [-0.4, -0.2) is 30.6 Å². The number of halogens is 2. The van der Waals surface area contributed by atoms with Crippen LogP contribution < -0.4 is 5.32 Å². The molecule has 0 aliphatic carbocycles. The molecule has 0 radical (unpaired) electrons. The maximum atomic E-state index is 3.58. The molecule has 3 unspecified atom stereocenters. The predicted octanol–water partition coefficient (Wildman–Crippen LogP) is 3.25. The smallest absolute Gasteiger partial charge is 0.0320 e. The molecule has 1 N–H and O–H groups in total. The van der Waals surface area contributed by atoms with Gasteiger partial charge in [0.25, 0.3) is 0 Å². The summed E-state index contributed by atoms with van der Waals surface area (Å²) < 4.78 is 2.27. The van der Waals surface area contributed by atoms with Crippen LogP contribution in [0.15, 0.2) is 27.1 Å². The molecule has 98 valence electrons. The van der Waals surface area contributed by atoms with E-state index in [1.54, 1.807) is 0 Å². The highest BCUT2D eigenvalue weighted by Gasteiger charge is 2.41. The molecule has 0 bridgehead atoms. The lowest BCUT2D eigenvalue weighted by atomic mass is 9.95. The van der Waals surface area contributed by atoms with Gasteiger partial charge in [-0.3, -0.25) is 4.90 Å². The molecule has 2 fully saturated rings. The molecule has 1 aromatic rings. The molecular weight excluding hydrogens is 356 g/mol. The van der Waals surface area contributed by atoms with Crippen LogP contribution in [0.2, 0.25) is 0 Å². The van der Waals surface area contributed by atoms with Crippen LogP contribution in [0.3, 0.4) is 0 Å². The second-order valence-electron chi connectivity index (χ2n) is 5.50. The molecule has 0 aromatic heterocycles. The predicted molar refractivity (Wildman–Crippen MR) is 81.6 cm³/mol. The third-order valence-electron chi connectivity index (χ3n) is 4.43. The second-order valence-corrected chi connectivity index (χ2v) is 7.21. The standard InChI is InChI=1S/C14H18Br2N2/c1-9-12-6-17-5-11(12)8-18(9)7-10-2-3-13(15)14(16)4-10/h2-4,9,11-12,17H,5-8H2,1H3. The Kier molecular flexibility index (Phi) is 3.81. The monoisotopic (exact) mass is 372 g/mol. The number of benzene rings is 1. The average Bonchev–Trinajstić information content (AvgIpc) is 2.89.